The molecule has 1 unspecified atom stereocenters. The van der Waals surface area contributed by atoms with Crippen molar-refractivity contribution in [2.24, 2.45) is 0 Å². The minimum atomic E-state index is -3.22. The van der Waals surface area contributed by atoms with Gasteiger partial charge in [-0.15, -0.1) is 5.69 Å². The summed E-state index contributed by atoms with van der Waals surface area (Å²) in [6.45, 7) is 0.0761. The smallest absolute Gasteiger partial charge is 0.315 e. The second kappa shape index (κ2) is 8.43. The molecule has 5 nitrogen and oxygen atoms in total. The number of rotatable bonds is 6. The summed E-state index contributed by atoms with van der Waals surface area (Å²) in [5.41, 5.74) is 8.67. The number of hydrogen-bond acceptors (Lipinski definition) is 2. The van der Waals surface area contributed by atoms with E-state index in [9.17, 15) is 18.4 Å². The van der Waals surface area contributed by atoms with E-state index in [1.165, 1.54) is 12.1 Å². The first kappa shape index (κ1) is 18.7. The van der Waals surface area contributed by atoms with Gasteiger partial charge in [-0.05, 0) is 17.2 Å². The lowest BCUT2D eigenvalue weighted by Gasteiger charge is -2.19. The van der Waals surface area contributed by atoms with Gasteiger partial charge >= 0.3 is 6.43 Å². The molecule has 0 aliphatic carbocycles. The van der Waals surface area contributed by atoms with Gasteiger partial charge in [0.05, 0.1) is 0 Å². The monoisotopic (exact) mass is 366 g/mol. The zero-order valence-electron chi connectivity index (χ0n) is 12.9. The molecule has 8 heteroatoms. The van der Waals surface area contributed by atoms with Crippen molar-refractivity contribution >= 4 is 29.1 Å². The molecule has 0 aliphatic heterocycles. The fraction of sp³-hybridized carbons (Fsp3) is 0.176. The molecule has 2 aromatic rings. The zero-order valence-corrected chi connectivity index (χ0v) is 13.7. The summed E-state index contributed by atoms with van der Waals surface area (Å²) in [5.74, 6) is -2.16. The maximum Gasteiger partial charge on any atom is 0.315 e. The van der Waals surface area contributed by atoms with Crippen molar-refractivity contribution in [2.75, 3.05) is 0 Å². The second-order valence-corrected chi connectivity index (χ2v) is 5.59. The van der Waals surface area contributed by atoms with Crippen molar-refractivity contribution in [1.29, 1.82) is 0 Å². The van der Waals surface area contributed by atoms with Crippen LogP contribution in [-0.2, 0) is 16.1 Å². The van der Waals surface area contributed by atoms with Crippen LogP contribution in [0.1, 0.15) is 17.2 Å². The third-order valence-corrected chi connectivity index (χ3v) is 3.69. The van der Waals surface area contributed by atoms with E-state index in [0.717, 1.165) is 0 Å². The Balaban J connectivity index is 2.11. The van der Waals surface area contributed by atoms with E-state index in [-0.39, 0.29) is 17.3 Å². The zero-order chi connectivity index (χ0) is 18.4. The highest BCUT2D eigenvalue weighted by Gasteiger charge is 2.26. The molecule has 0 aromatic heterocycles. The highest BCUT2D eigenvalue weighted by atomic mass is 35.5. The summed E-state index contributed by atoms with van der Waals surface area (Å²) in [4.78, 5) is 23.7. The van der Waals surface area contributed by atoms with E-state index in [4.69, 9.17) is 17.3 Å². The number of benzene rings is 2. The van der Waals surface area contributed by atoms with Gasteiger partial charge in [-0.1, -0.05) is 54.1 Å². The molecule has 2 amide bonds. The lowest BCUT2D eigenvalue weighted by molar-refractivity contribution is -0.136. The normalized spacial score (nSPS) is 11.8. The predicted molar refractivity (Wildman–Crippen MR) is 90.6 cm³/mol. The van der Waals surface area contributed by atoms with Crippen LogP contribution in [0.2, 0.25) is 5.02 Å². The standard InChI is InChI=1S/C17H15ClF2N3O2/c18-12-8-10(6-7-13(12)21)9-22-16(24)14(23-17(25)15(19)20)11-4-2-1-3-5-11/h1-8,14-15,21H,9H2,(H,22,24)(H,23,25)/q-1. The molecule has 2 rings (SSSR count). The van der Waals surface area contributed by atoms with Gasteiger partial charge in [-0.25, -0.2) is 0 Å². The SMILES string of the molecule is [NH-]c1ccc(CNC(=O)C(NC(=O)C(F)F)c2ccccc2)cc1Cl. The topological polar surface area (TPSA) is 82.0 Å². The van der Waals surface area contributed by atoms with E-state index in [1.54, 1.807) is 36.4 Å². The highest BCUT2D eigenvalue weighted by molar-refractivity contribution is 6.33. The molecule has 25 heavy (non-hydrogen) atoms. The Morgan fingerprint density at radius 3 is 2.36 bits per heavy atom. The number of hydrogen-bond donors (Lipinski definition) is 2. The first-order valence-electron chi connectivity index (χ1n) is 7.29. The van der Waals surface area contributed by atoms with Crippen molar-refractivity contribution in [3.8, 4) is 0 Å². The molecule has 2 aromatic carbocycles. The number of carbonyl (C=O) groups excluding carboxylic acids is 2. The number of halogens is 3. The molecule has 3 N–H and O–H groups in total. The van der Waals surface area contributed by atoms with Gasteiger partial charge < -0.3 is 16.4 Å². The van der Waals surface area contributed by atoms with Gasteiger partial charge in [0.15, 0.2) is 0 Å². The van der Waals surface area contributed by atoms with Crippen molar-refractivity contribution in [2.45, 2.75) is 19.0 Å². The van der Waals surface area contributed by atoms with Gasteiger partial charge in [-0.3, -0.25) is 9.59 Å². The number of amides is 2. The van der Waals surface area contributed by atoms with Crippen LogP contribution in [0.15, 0.2) is 48.5 Å². The van der Waals surface area contributed by atoms with Crippen LogP contribution in [0.25, 0.3) is 5.73 Å². The van der Waals surface area contributed by atoms with Crippen LogP contribution in [-0.4, -0.2) is 18.2 Å². The molecule has 0 radical (unpaired) electrons. The summed E-state index contributed by atoms with van der Waals surface area (Å²) in [7, 11) is 0. The number of carbonyl (C=O) groups is 2. The van der Waals surface area contributed by atoms with Crippen molar-refractivity contribution in [1.82, 2.24) is 10.6 Å². The van der Waals surface area contributed by atoms with E-state index in [1.807, 2.05) is 5.32 Å². The first-order valence-corrected chi connectivity index (χ1v) is 7.67. The molecule has 0 bridgehead atoms. The summed E-state index contributed by atoms with van der Waals surface area (Å²) in [5, 5.41) is 4.84. The average Bonchev–Trinajstić information content (AvgIpc) is 2.60. The quantitative estimate of drug-likeness (QED) is 0.816. The molecule has 0 fully saturated rings. The number of nitrogens with one attached hydrogen (secondary N) is 3. The van der Waals surface area contributed by atoms with Crippen LogP contribution in [0, 0.1) is 0 Å². The molecule has 1 atom stereocenters. The molecular formula is C17H15ClF2N3O2-. The fourth-order valence-corrected chi connectivity index (χ4v) is 2.31. The van der Waals surface area contributed by atoms with Crippen LogP contribution < -0.4 is 10.6 Å². The van der Waals surface area contributed by atoms with Crippen molar-refractivity contribution < 1.29 is 18.4 Å². The van der Waals surface area contributed by atoms with Gasteiger partial charge in [0.25, 0.3) is 5.91 Å². The molecular weight excluding hydrogens is 352 g/mol. The molecule has 0 spiro atoms. The fourth-order valence-electron chi connectivity index (χ4n) is 2.11. The summed E-state index contributed by atoms with van der Waals surface area (Å²) in [6.07, 6.45) is -3.22. The third-order valence-electron chi connectivity index (χ3n) is 3.38. The Bertz CT molecular complexity index is 757. The summed E-state index contributed by atoms with van der Waals surface area (Å²) < 4.78 is 25.0. The molecule has 132 valence electrons. The molecule has 0 saturated carbocycles. The third kappa shape index (κ3) is 5.15. The Morgan fingerprint density at radius 1 is 1.08 bits per heavy atom. The van der Waals surface area contributed by atoms with E-state index >= 15 is 0 Å². The van der Waals surface area contributed by atoms with Gasteiger partial charge in [-0.2, -0.15) is 8.78 Å². The van der Waals surface area contributed by atoms with E-state index < -0.39 is 24.3 Å². The Morgan fingerprint density at radius 2 is 1.76 bits per heavy atom. The Labute approximate surface area is 148 Å². The Hall–Kier alpha value is -2.67. The molecule has 0 heterocycles. The molecule has 0 aliphatic rings. The molecule has 0 saturated heterocycles. The van der Waals surface area contributed by atoms with Gasteiger partial charge in [0.1, 0.15) is 6.04 Å². The van der Waals surface area contributed by atoms with Crippen LogP contribution in [0.3, 0.4) is 0 Å². The maximum absolute atomic E-state index is 12.5. The average molecular weight is 367 g/mol. The Kier molecular flexibility index (Phi) is 6.30. The second-order valence-electron chi connectivity index (χ2n) is 5.18. The van der Waals surface area contributed by atoms with Gasteiger partial charge in [0.2, 0.25) is 5.91 Å². The van der Waals surface area contributed by atoms with Crippen molar-refractivity contribution in [3.05, 3.63) is 70.4 Å². The van der Waals surface area contributed by atoms with E-state index in [0.29, 0.717) is 11.1 Å². The predicted octanol–water partition coefficient (Wildman–Crippen LogP) is 3.76. The summed E-state index contributed by atoms with van der Waals surface area (Å²) in [6, 6.07) is 11.5. The summed E-state index contributed by atoms with van der Waals surface area (Å²) >= 11 is 5.85. The van der Waals surface area contributed by atoms with Crippen LogP contribution in [0.5, 0.6) is 0 Å². The van der Waals surface area contributed by atoms with E-state index in [2.05, 4.69) is 5.32 Å². The lowest BCUT2D eigenvalue weighted by Crippen LogP contribution is -2.42. The highest BCUT2D eigenvalue weighted by Crippen LogP contribution is 2.24. The lowest BCUT2D eigenvalue weighted by atomic mass is 10.1. The minimum absolute atomic E-state index is 0.0761. The van der Waals surface area contributed by atoms with Crippen LogP contribution >= 0.6 is 11.6 Å². The number of alkyl halides is 2. The first-order chi connectivity index (χ1) is 11.9. The van der Waals surface area contributed by atoms with Crippen LogP contribution in [0.4, 0.5) is 14.5 Å². The largest absolute Gasteiger partial charge is 0.698 e. The minimum Gasteiger partial charge on any atom is -0.698 e. The van der Waals surface area contributed by atoms with Crippen molar-refractivity contribution in [3.63, 3.8) is 0 Å². The van der Waals surface area contributed by atoms with Gasteiger partial charge in [0, 0.05) is 11.6 Å². The maximum atomic E-state index is 12.5.